The highest BCUT2D eigenvalue weighted by atomic mass is 16.2. The van der Waals surface area contributed by atoms with E-state index in [1.807, 2.05) is 0 Å². The number of carbonyl (C=O) groups is 1. The molecule has 1 aliphatic rings. The van der Waals surface area contributed by atoms with Crippen molar-refractivity contribution in [2.75, 3.05) is 26.2 Å². The number of nitrogens with one attached hydrogen (secondary N) is 1. The van der Waals surface area contributed by atoms with Crippen LogP contribution in [-0.2, 0) is 4.79 Å². The van der Waals surface area contributed by atoms with Gasteiger partial charge in [0.25, 0.3) is 0 Å². The first kappa shape index (κ1) is 10.5. The first-order valence-corrected chi connectivity index (χ1v) is 5.32. The van der Waals surface area contributed by atoms with Crippen molar-refractivity contribution >= 4 is 5.91 Å². The van der Waals surface area contributed by atoms with E-state index >= 15 is 0 Å². The Kier molecular flexibility index (Phi) is 4.83. The van der Waals surface area contributed by atoms with Gasteiger partial charge in [-0.2, -0.15) is 0 Å². The summed E-state index contributed by atoms with van der Waals surface area (Å²) in [6.45, 7) is 5.67. The summed E-state index contributed by atoms with van der Waals surface area (Å²) in [5.41, 5.74) is 0. The highest BCUT2D eigenvalue weighted by Gasteiger charge is 2.12. The molecule has 1 heterocycles. The van der Waals surface area contributed by atoms with Gasteiger partial charge in [0.2, 0.25) is 5.91 Å². The molecule has 0 radical (unpaired) electrons. The minimum absolute atomic E-state index is 0.184. The number of piperidine rings is 1. The van der Waals surface area contributed by atoms with E-state index in [0.29, 0.717) is 6.54 Å². The predicted molar refractivity (Wildman–Crippen MR) is 53.6 cm³/mol. The van der Waals surface area contributed by atoms with Crippen molar-refractivity contribution in [3.8, 4) is 0 Å². The SMILES string of the molecule is CCCNC(=O)CN1CCCCC1. The molecular formula is C10H20N2O. The minimum atomic E-state index is 0.184. The zero-order valence-corrected chi connectivity index (χ0v) is 8.51. The number of hydrogen-bond acceptors (Lipinski definition) is 2. The number of carbonyl (C=O) groups excluding carboxylic acids is 1. The van der Waals surface area contributed by atoms with Crippen LogP contribution in [0.1, 0.15) is 32.6 Å². The minimum Gasteiger partial charge on any atom is -0.355 e. The van der Waals surface area contributed by atoms with Crippen LogP contribution in [0, 0.1) is 0 Å². The summed E-state index contributed by atoms with van der Waals surface area (Å²) < 4.78 is 0. The van der Waals surface area contributed by atoms with Crippen LogP contribution >= 0.6 is 0 Å². The number of rotatable bonds is 4. The smallest absolute Gasteiger partial charge is 0.234 e. The maximum atomic E-state index is 11.3. The normalized spacial score (nSPS) is 18.5. The lowest BCUT2D eigenvalue weighted by atomic mass is 10.1. The summed E-state index contributed by atoms with van der Waals surface area (Å²) in [5, 5.41) is 2.90. The summed E-state index contributed by atoms with van der Waals surface area (Å²) in [7, 11) is 0. The van der Waals surface area contributed by atoms with Crippen LogP contribution in [0.5, 0.6) is 0 Å². The molecule has 1 amide bonds. The van der Waals surface area contributed by atoms with E-state index in [1.54, 1.807) is 0 Å². The maximum absolute atomic E-state index is 11.3. The summed E-state index contributed by atoms with van der Waals surface area (Å²) in [5.74, 6) is 0.184. The number of amides is 1. The molecule has 0 aromatic rings. The molecular weight excluding hydrogens is 164 g/mol. The Balaban J connectivity index is 2.11. The fraction of sp³-hybridized carbons (Fsp3) is 0.900. The van der Waals surface area contributed by atoms with Crippen LogP contribution in [0.25, 0.3) is 0 Å². The Morgan fingerprint density at radius 3 is 2.62 bits per heavy atom. The summed E-state index contributed by atoms with van der Waals surface area (Å²) in [4.78, 5) is 13.6. The average molecular weight is 184 g/mol. The zero-order valence-electron chi connectivity index (χ0n) is 8.51. The molecule has 0 unspecified atom stereocenters. The number of hydrogen-bond donors (Lipinski definition) is 1. The quantitative estimate of drug-likeness (QED) is 0.707. The zero-order chi connectivity index (χ0) is 9.52. The molecule has 0 atom stereocenters. The largest absolute Gasteiger partial charge is 0.355 e. The van der Waals surface area contributed by atoms with Crippen LogP contribution in [0.15, 0.2) is 0 Å². The Morgan fingerprint density at radius 2 is 2.00 bits per heavy atom. The molecule has 1 saturated heterocycles. The van der Waals surface area contributed by atoms with Crippen LogP contribution in [0.2, 0.25) is 0 Å². The van der Waals surface area contributed by atoms with Crippen LogP contribution < -0.4 is 5.32 Å². The molecule has 1 fully saturated rings. The molecule has 0 aromatic heterocycles. The summed E-state index contributed by atoms with van der Waals surface area (Å²) >= 11 is 0. The molecule has 3 nitrogen and oxygen atoms in total. The summed E-state index contributed by atoms with van der Waals surface area (Å²) in [6, 6.07) is 0. The molecule has 76 valence electrons. The molecule has 0 spiro atoms. The number of likely N-dealkylation sites (tertiary alicyclic amines) is 1. The molecule has 0 aromatic carbocycles. The number of nitrogens with zero attached hydrogens (tertiary/aromatic N) is 1. The van der Waals surface area contributed by atoms with Gasteiger partial charge in [0.15, 0.2) is 0 Å². The van der Waals surface area contributed by atoms with Gasteiger partial charge in [-0.3, -0.25) is 9.69 Å². The third-order valence-corrected chi connectivity index (χ3v) is 2.39. The van der Waals surface area contributed by atoms with Crippen molar-refractivity contribution in [3.05, 3.63) is 0 Å². The predicted octanol–water partition coefficient (Wildman–Crippen LogP) is 0.998. The van der Waals surface area contributed by atoms with E-state index in [2.05, 4.69) is 17.1 Å². The monoisotopic (exact) mass is 184 g/mol. The first-order chi connectivity index (χ1) is 6.33. The lowest BCUT2D eigenvalue weighted by Gasteiger charge is -2.25. The van der Waals surface area contributed by atoms with Gasteiger partial charge in [0.1, 0.15) is 0 Å². The van der Waals surface area contributed by atoms with Gasteiger partial charge >= 0.3 is 0 Å². The molecule has 1 aliphatic heterocycles. The molecule has 3 heteroatoms. The molecule has 1 N–H and O–H groups in total. The first-order valence-electron chi connectivity index (χ1n) is 5.32. The molecule has 0 aliphatic carbocycles. The lowest BCUT2D eigenvalue weighted by molar-refractivity contribution is -0.122. The van der Waals surface area contributed by atoms with Crippen molar-refractivity contribution in [1.29, 1.82) is 0 Å². The van der Waals surface area contributed by atoms with Gasteiger partial charge in [0, 0.05) is 6.54 Å². The van der Waals surface area contributed by atoms with Crippen LogP contribution in [0.4, 0.5) is 0 Å². The Hall–Kier alpha value is -0.570. The van der Waals surface area contributed by atoms with Crippen LogP contribution in [0.3, 0.4) is 0 Å². The third kappa shape index (κ3) is 4.27. The topological polar surface area (TPSA) is 32.3 Å². The van der Waals surface area contributed by atoms with Crippen molar-refractivity contribution in [2.24, 2.45) is 0 Å². The summed E-state index contributed by atoms with van der Waals surface area (Å²) in [6.07, 6.45) is 4.85. The van der Waals surface area contributed by atoms with E-state index in [0.717, 1.165) is 26.1 Å². The molecule has 0 bridgehead atoms. The Bertz CT molecular complexity index is 153. The van der Waals surface area contributed by atoms with E-state index in [-0.39, 0.29) is 5.91 Å². The Morgan fingerprint density at radius 1 is 1.31 bits per heavy atom. The van der Waals surface area contributed by atoms with Crippen molar-refractivity contribution in [2.45, 2.75) is 32.6 Å². The van der Waals surface area contributed by atoms with Crippen LogP contribution in [-0.4, -0.2) is 37.0 Å². The van der Waals surface area contributed by atoms with Crippen molar-refractivity contribution in [1.82, 2.24) is 10.2 Å². The van der Waals surface area contributed by atoms with E-state index in [4.69, 9.17) is 0 Å². The second-order valence-electron chi connectivity index (χ2n) is 3.69. The second-order valence-corrected chi connectivity index (χ2v) is 3.69. The lowest BCUT2D eigenvalue weighted by Crippen LogP contribution is -2.39. The van der Waals surface area contributed by atoms with Gasteiger partial charge in [-0.15, -0.1) is 0 Å². The molecule has 0 saturated carbocycles. The van der Waals surface area contributed by atoms with E-state index < -0.39 is 0 Å². The average Bonchev–Trinajstić information content (AvgIpc) is 2.16. The van der Waals surface area contributed by atoms with E-state index in [1.165, 1.54) is 19.3 Å². The van der Waals surface area contributed by atoms with Gasteiger partial charge in [-0.25, -0.2) is 0 Å². The van der Waals surface area contributed by atoms with Gasteiger partial charge in [0.05, 0.1) is 6.54 Å². The molecule has 1 rings (SSSR count). The van der Waals surface area contributed by atoms with E-state index in [9.17, 15) is 4.79 Å². The van der Waals surface area contributed by atoms with Gasteiger partial charge < -0.3 is 5.32 Å². The fourth-order valence-corrected chi connectivity index (χ4v) is 1.64. The highest BCUT2D eigenvalue weighted by Crippen LogP contribution is 2.07. The van der Waals surface area contributed by atoms with Gasteiger partial charge in [-0.05, 0) is 32.4 Å². The third-order valence-electron chi connectivity index (χ3n) is 2.39. The van der Waals surface area contributed by atoms with Crippen molar-refractivity contribution < 1.29 is 4.79 Å². The Labute approximate surface area is 80.5 Å². The second kappa shape index (κ2) is 5.97. The maximum Gasteiger partial charge on any atom is 0.234 e. The fourth-order valence-electron chi connectivity index (χ4n) is 1.64. The van der Waals surface area contributed by atoms with Gasteiger partial charge in [-0.1, -0.05) is 13.3 Å². The van der Waals surface area contributed by atoms with Crippen molar-refractivity contribution in [3.63, 3.8) is 0 Å². The highest BCUT2D eigenvalue weighted by molar-refractivity contribution is 5.77. The molecule has 13 heavy (non-hydrogen) atoms. The standard InChI is InChI=1S/C10H20N2O/c1-2-6-11-10(13)9-12-7-4-3-5-8-12/h2-9H2,1H3,(H,11,13).